The van der Waals surface area contributed by atoms with E-state index < -0.39 is 0 Å². The third-order valence-electron chi connectivity index (χ3n) is 2.58. The molecule has 0 fully saturated rings. The van der Waals surface area contributed by atoms with Crippen molar-refractivity contribution in [3.05, 3.63) is 71.8 Å². The Morgan fingerprint density at radius 3 is 2.42 bits per heavy atom. The van der Waals surface area contributed by atoms with Gasteiger partial charge in [0.05, 0.1) is 0 Å². The molecule has 1 N–H and O–H groups in total. The third-order valence-corrected chi connectivity index (χ3v) is 2.58. The molecule has 0 aliphatic rings. The van der Waals surface area contributed by atoms with Crippen LogP contribution in [0.4, 0.5) is 5.69 Å². The highest BCUT2D eigenvalue weighted by Gasteiger charge is 2.06. The van der Waals surface area contributed by atoms with Crippen molar-refractivity contribution in [1.29, 1.82) is 0 Å². The molecule has 0 unspecified atom stereocenters. The number of carbonyl (C=O) groups excluding carboxylic acids is 2. The molecule has 0 heterocycles. The second-order valence-electron chi connectivity index (χ2n) is 3.86. The highest BCUT2D eigenvalue weighted by Crippen LogP contribution is 2.17. The van der Waals surface area contributed by atoms with E-state index in [4.69, 9.17) is 0 Å². The number of carbonyl (C=O) groups is 1. The Hall–Kier alpha value is -2.68. The Morgan fingerprint density at radius 1 is 1.00 bits per heavy atom. The van der Waals surface area contributed by atoms with Crippen molar-refractivity contribution >= 4 is 24.0 Å². The van der Waals surface area contributed by atoms with Crippen LogP contribution in [0.2, 0.25) is 0 Å². The molecule has 2 aromatic carbocycles. The van der Waals surface area contributed by atoms with Crippen LogP contribution in [0.25, 0.3) is 6.08 Å². The van der Waals surface area contributed by atoms with E-state index >= 15 is 0 Å². The van der Waals surface area contributed by atoms with Gasteiger partial charge in [-0.25, -0.2) is 0 Å². The smallest absolute Gasteiger partial charge is 0.255 e. The van der Waals surface area contributed by atoms with Gasteiger partial charge < -0.3 is 5.32 Å². The van der Waals surface area contributed by atoms with Gasteiger partial charge in [-0.1, -0.05) is 36.4 Å². The predicted molar refractivity (Wildman–Crippen MR) is 75.6 cm³/mol. The number of nitrogens with one attached hydrogen (secondary N) is 1. The summed E-state index contributed by atoms with van der Waals surface area (Å²) in [4.78, 5) is 22.3. The molecule has 3 heteroatoms. The van der Waals surface area contributed by atoms with Crippen LogP contribution in [-0.4, -0.2) is 12.2 Å². The summed E-state index contributed by atoms with van der Waals surface area (Å²) in [6.07, 6.45) is 4.56. The summed E-state index contributed by atoms with van der Waals surface area (Å²) in [5.41, 5.74) is 2.00. The van der Waals surface area contributed by atoms with E-state index in [1.54, 1.807) is 30.6 Å². The summed E-state index contributed by atoms with van der Waals surface area (Å²) in [7, 11) is 0. The summed E-state index contributed by atoms with van der Waals surface area (Å²) in [5.74, 6) is -0.184. The molecule has 2 rings (SSSR count). The number of hydrogen-bond acceptors (Lipinski definition) is 2. The summed E-state index contributed by atoms with van der Waals surface area (Å²) in [6.45, 7) is 0. The van der Waals surface area contributed by atoms with Gasteiger partial charge in [-0.2, -0.15) is 0 Å². The van der Waals surface area contributed by atoms with E-state index in [0.29, 0.717) is 11.3 Å². The van der Waals surface area contributed by atoms with E-state index in [2.05, 4.69) is 5.32 Å². The van der Waals surface area contributed by atoms with E-state index in [9.17, 15) is 9.59 Å². The van der Waals surface area contributed by atoms with Gasteiger partial charge in [0.15, 0.2) is 0 Å². The Labute approximate surface area is 111 Å². The fraction of sp³-hybridized carbons (Fsp3) is 0. The average molecular weight is 250 g/mol. The van der Waals surface area contributed by atoms with Crippen LogP contribution in [0.1, 0.15) is 15.9 Å². The minimum atomic E-state index is -0.184. The van der Waals surface area contributed by atoms with Crippen LogP contribution >= 0.6 is 0 Å². The van der Waals surface area contributed by atoms with Crippen molar-refractivity contribution < 1.29 is 9.59 Å². The van der Waals surface area contributed by atoms with Gasteiger partial charge in [0, 0.05) is 11.3 Å². The Kier molecular flexibility index (Phi) is 4.24. The zero-order valence-corrected chi connectivity index (χ0v) is 10.2. The number of hydrogen-bond donors (Lipinski definition) is 1. The molecule has 0 bridgehead atoms. The number of amides is 1. The SMILES string of the molecule is O=[C]/C=C/c1ccccc1NC(=O)c1ccccc1. The fourth-order valence-electron chi connectivity index (χ4n) is 1.66. The minimum absolute atomic E-state index is 0.184. The number of para-hydroxylation sites is 1. The maximum atomic E-state index is 12.0. The van der Waals surface area contributed by atoms with Crippen LogP contribution in [0.5, 0.6) is 0 Å². The van der Waals surface area contributed by atoms with Crippen molar-refractivity contribution in [3.63, 3.8) is 0 Å². The Bertz CT molecular complexity index is 603. The lowest BCUT2D eigenvalue weighted by molar-refractivity contribution is 0.102. The summed E-state index contributed by atoms with van der Waals surface area (Å²) in [5, 5.41) is 2.82. The van der Waals surface area contributed by atoms with Gasteiger partial charge in [0.1, 0.15) is 0 Å². The summed E-state index contributed by atoms with van der Waals surface area (Å²) in [6, 6.07) is 16.2. The average Bonchev–Trinajstić information content (AvgIpc) is 2.47. The first-order valence-electron chi connectivity index (χ1n) is 5.81. The zero-order valence-electron chi connectivity index (χ0n) is 10.2. The van der Waals surface area contributed by atoms with Crippen molar-refractivity contribution in [1.82, 2.24) is 0 Å². The largest absolute Gasteiger partial charge is 0.321 e. The fourth-order valence-corrected chi connectivity index (χ4v) is 1.66. The molecular formula is C16H12NO2. The molecule has 1 amide bonds. The van der Waals surface area contributed by atoms with Gasteiger partial charge in [0.25, 0.3) is 5.91 Å². The van der Waals surface area contributed by atoms with Crippen LogP contribution in [0, 0.1) is 0 Å². The monoisotopic (exact) mass is 250 g/mol. The van der Waals surface area contributed by atoms with E-state index in [0.717, 1.165) is 5.56 Å². The Balaban J connectivity index is 2.22. The van der Waals surface area contributed by atoms with Gasteiger partial charge >= 0.3 is 0 Å². The first-order valence-corrected chi connectivity index (χ1v) is 5.81. The first kappa shape index (κ1) is 12.8. The van der Waals surface area contributed by atoms with Gasteiger partial charge in [-0.3, -0.25) is 9.59 Å². The van der Waals surface area contributed by atoms with Crippen LogP contribution in [0.15, 0.2) is 60.7 Å². The Morgan fingerprint density at radius 2 is 1.68 bits per heavy atom. The predicted octanol–water partition coefficient (Wildman–Crippen LogP) is 3.06. The summed E-state index contributed by atoms with van der Waals surface area (Å²) >= 11 is 0. The second-order valence-corrected chi connectivity index (χ2v) is 3.86. The number of rotatable bonds is 4. The molecule has 19 heavy (non-hydrogen) atoms. The molecule has 0 spiro atoms. The molecule has 0 aromatic heterocycles. The molecule has 0 atom stereocenters. The van der Waals surface area contributed by atoms with Crippen molar-refractivity contribution in [2.75, 3.05) is 5.32 Å². The van der Waals surface area contributed by atoms with Gasteiger partial charge in [-0.05, 0) is 35.9 Å². The topological polar surface area (TPSA) is 46.2 Å². The molecule has 1 radical (unpaired) electrons. The first-order chi connectivity index (χ1) is 9.31. The van der Waals surface area contributed by atoms with E-state index in [-0.39, 0.29) is 5.91 Å². The molecular weight excluding hydrogens is 238 g/mol. The molecule has 3 nitrogen and oxygen atoms in total. The van der Waals surface area contributed by atoms with Crippen molar-refractivity contribution in [3.8, 4) is 0 Å². The highest BCUT2D eigenvalue weighted by atomic mass is 16.1. The lowest BCUT2D eigenvalue weighted by atomic mass is 10.1. The zero-order chi connectivity index (χ0) is 13.5. The normalized spacial score (nSPS) is 10.3. The summed E-state index contributed by atoms with van der Waals surface area (Å²) < 4.78 is 0. The standard InChI is InChI=1S/C16H12NO2/c18-12-6-10-13-7-4-5-11-15(13)17-16(19)14-8-2-1-3-9-14/h1-11H,(H,17,19)/b10-6+. The maximum Gasteiger partial charge on any atom is 0.255 e. The molecule has 0 saturated carbocycles. The molecule has 0 saturated heterocycles. The lowest BCUT2D eigenvalue weighted by Gasteiger charge is -2.08. The lowest BCUT2D eigenvalue weighted by Crippen LogP contribution is -2.12. The molecule has 93 valence electrons. The second kappa shape index (κ2) is 6.31. The highest BCUT2D eigenvalue weighted by molar-refractivity contribution is 6.05. The number of allylic oxidation sites excluding steroid dienone is 1. The number of anilines is 1. The van der Waals surface area contributed by atoms with Crippen LogP contribution in [0.3, 0.4) is 0 Å². The molecule has 0 aliphatic carbocycles. The van der Waals surface area contributed by atoms with Crippen LogP contribution in [-0.2, 0) is 4.79 Å². The van der Waals surface area contributed by atoms with E-state index in [1.165, 1.54) is 6.08 Å². The maximum absolute atomic E-state index is 12.0. The van der Waals surface area contributed by atoms with Crippen molar-refractivity contribution in [2.24, 2.45) is 0 Å². The molecule has 0 aliphatic heterocycles. The van der Waals surface area contributed by atoms with E-state index in [1.807, 2.05) is 36.4 Å². The van der Waals surface area contributed by atoms with Crippen molar-refractivity contribution in [2.45, 2.75) is 0 Å². The minimum Gasteiger partial charge on any atom is -0.321 e. The quantitative estimate of drug-likeness (QED) is 0.848. The number of benzene rings is 2. The molecule has 2 aromatic rings. The van der Waals surface area contributed by atoms with Crippen LogP contribution < -0.4 is 5.32 Å². The third kappa shape index (κ3) is 3.39. The van der Waals surface area contributed by atoms with Gasteiger partial charge in [-0.15, -0.1) is 0 Å². The van der Waals surface area contributed by atoms with Gasteiger partial charge in [0.2, 0.25) is 6.29 Å².